The number of urea groups is 1. The fraction of sp³-hybridized carbons (Fsp3) is 0.300. The first-order valence-corrected chi connectivity index (χ1v) is 5.46. The summed E-state index contributed by atoms with van der Waals surface area (Å²) in [4.78, 5) is 11.2. The lowest BCUT2D eigenvalue weighted by Gasteiger charge is -2.07. The van der Waals surface area contributed by atoms with Crippen LogP contribution in [0, 0.1) is 0 Å². The number of rotatable bonds is 4. The van der Waals surface area contributed by atoms with Gasteiger partial charge in [0.15, 0.2) is 0 Å². The number of benzene rings is 1. The molecule has 0 saturated heterocycles. The van der Waals surface area contributed by atoms with E-state index >= 15 is 0 Å². The minimum Gasteiger partial charge on any atom is -0.337 e. The van der Waals surface area contributed by atoms with Crippen LogP contribution in [0.25, 0.3) is 0 Å². The Morgan fingerprint density at radius 2 is 2.00 bits per heavy atom. The van der Waals surface area contributed by atoms with Gasteiger partial charge in [0.05, 0.1) is 0 Å². The maximum Gasteiger partial charge on any atom is 0.315 e. The van der Waals surface area contributed by atoms with Crippen molar-refractivity contribution in [3.63, 3.8) is 0 Å². The van der Waals surface area contributed by atoms with Crippen molar-refractivity contribution >= 4 is 29.2 Å². The van der Waals surface area contributed by atoms with Crippen LogP contribution >= 0.6 is 23.2 Å². The molecule has 5 heteroatoms. The molecular weight excluding hydrogens is 235 g/mol. The molecule has 0 saturated carbocycles. The molecule has 0 aromatic heterocycles. The average molecular weight is 247 g/mol. The molecule has 0 aliphatic heterocycles. The second-order valence-corrected chi connectivity index (χ2v) is 3.68. The highest BCUT2D eigenvalue weighted by Crippen LogP contribution is 2.13. The van der Waals surface area contributed by atoms with Crippen LogP contribution in [0.3, 0.4) is 0 Å². The molecule has 2 amide bonds. The van der Waals surface area contributed by atoms with E-state index in [2.05, 4.69) is 10.6 Å². The topological polar surface area (TPSA) is 41.1 Å². The molecule has 3 nitrogen and oxygen atoms in total. The SMILES string of the molecule is O=C(NCCCl)NCc1ccccc1Cl. The summed E-state index contributed by atoms with van der Waals surface area (Å²) < 4.78 is 0. The summed E-state index contributed by atoms with van der Waals surface area (Å²) in [6, 6.07) is 7.13. The number of hydrogen-bond acceptors (Lipinski definition) is 1. The molecule has 15 heavy (non-hydrogen) atoms. The van der Waals surface area contributed by atoms with Crippen molar-refractivity contribution in [1.29, 1.82) is 0 Å². The predicted molar refractivity (Wildman–Crippen MR) is 62.4 cm³/mol. The molecular formula is C10H12Cl2N2O. The lowest BCUT2D eigenvalue weighted by molar-refractivity contribution is 0.241. The van der Waals surface area contributed by atoms with Crippen molar-refractivity contribution in [3.05, 3.63) is 34.9 Å². The highest BCUT2D eigenvalue weighted by Gasteiger charge is 2.01. The molecule has 0 aliphatic rings. The quantitative estimate of drug-likeness (QED) is 0.788. The molecule has 0 radical (unpaired) electrons. The van der Waals surface area contributed by atoms with E-state index in [1.807, 2.05) is 18.2 Å². The van der Waals surface area contributed by atoms with Crippen molar-refractivity contribution in [2.24, 2.45) is 0 Å². The van der Waals surface area contributed by atoms with E-state index in [4.69, 9.17) is 23.2 Å². The normalized spacial score (nSPS) is 9.73. The Bertz CT molecular complexity index is 331. The van der Waals surface area contributed by atoms with Gasteiger partial charge in [0, 0.05) is 24.0 Å². The molecule has 0 atom stereocenters. The smallest absolute Gasteiger partial charge is 0.315 e. The Morgan fingerprint density at radius 1 is 1.27 bits per heavy atom. The van der Waals surface area contributed by atoms with Crippen molar-refractivity contribution in [2.45, 2.75) is 6.54 Å². The zero-order valence-corrected chi connectivity index (χ0v) is 9.61. The van der Waals surface area contributed by atoms with Gasteiger partial charge in [-0.25, -0.2) is 4.79 Å². The lowest BCUT2D eigenvalue weighted by atomic mass is 10.2. The second kappa shape index (κ2) is 6.53. The number of alkyl halides is 1. The fourth-order valence-electron chi connectivity index (χ4n) is 1.04. The Hall–Kier alpha value is -0.930. The van der Waals surface area contributed by atoms with Crippen LogP contribution in [0.2, 0.25) is 5.02 Å². The Kier molecular flexibility index (Phi) is 5.29. The van der Waals surface area contributed by atoms with Gasteiger partial charge in [-0.15, -0.1) is 11.6 Å². The number of halogens is 2. The van der Waals surface area contributed by atoms with Crippen LogP contribution in [0.15, 0.2) is 24.3 Å². The fourth-order valence-corrected chi connectivity index (χ4v) is 1.34. The minimum absolute atomic E-state index is 0.240. The summed E-state index contributed by atoms with van der Waals surface area (Å²) in [5, 5.41) is 5.93. The van der Waals surface area contributed by atoms with E-state index in [9.17, 15) is 4.79 Å². The van der Waals surface area contributed by atoms with Gasteiger partial charge in [-0.1, -0.05) is 29.8 Å². The highest BCUT2D eigenvalue weighted by atomic mass is 35.5. The third kappa shape index (κ3) is 4.40. The second-order valence-electron chi connectivity index (χ2n) is 2.89. The lowest BCUT2D eigenvalue weighted by Crippen LogP contribution is -2.36. The van der Waals surface area contributed by atoms with Gasteiger partial charge >= 0.3 is 6.03 Å². The molecule has 82 valence electrons. The van der Waals surface area contributed by atoms with Gasteiger partial charge in [0.2, 0.25) is 0 Å². The van der Waals surface area contributed by atoms with Gasteiger partial charge in [-0.2, -0.15) is 0 Å². The standard InChI is InChI=1S/C10H12Cl2N2O/c11-5-6-13-10(15)14-7-8-3-1-2-4-9(8)12/h1-4H,5-7H2,(H2,13,14,15). The van der Waals surface area contributed by atoms with E-state index in [0.717, 1.165) is 5.56 Å². The monoisotopic (exact) mass is 246 g/mol. The number of nitrogens with one attached hydrogen (secondary N) is 2. The van der Waals surface area contributed by atoms with E-state index in [0.29, 0.717) is 24.0 Å². The molecule has 0 fully saturated rings. The summed E-state index contributed by atoms with van der Waals surface area (Å²) in [6.07, 6.45) is 0. The van der Waals surface area contributed by atoms with Gasteiger partial charge < -0.3 is 10.6 Å². The highest BCUT2D eigenvalue weighted by molar-refractivity contribution is 6.31. The molecule has 0 spiro atoms. The predicted octanol–water partition coefficient (Wildman–Crippen LogP) is 2.38. The first-order valence-electron chi connectivity index (χ1n) is 4.55. The van der Waals surface area contributed by atoms with Crippen molar-refractivity contribution in [3.8, 4) is 0 Å². The van der Waals surface area contributed by atoms with E-state index in [-0.39, 0.29) is 6.03 Å². The van der Waals surface area contributed by atoms with E-state index in [1.54, 1.807) is 6.07 Å². The molecule has 0 heterocycles. The van der Waals surface area contributed by atoms with Crippen LogP contribution < -0.4 is 10.6 Å². The van der Waals surface area contributed by atoms with Gasteiger partial charge in [0.1, 0.15) is 0 Å². The van der Waals surface area contributed by atoms with E-state index in [1.165, 1.54) is 0 Å². The van der Waals surface area contributed by atoms with E-state index < -0.39 is 0 Å². The van der Waals surface area contributed by atoms with Crippen LogP contribution in [-0.2, 0) is 6.54 Å². The first-order chi connectivity index (χ1) is 7.24. The number of hydrogen-bond donors (Lipinski definition) is 2. The van der Waals surface area contributed by atoms with Crippen molar-refractivity contribution in [2.75, 3.05) is 12.4 Å². The Labute approximate surface area is 98.8 Å². The number of carbonyl (C=O) groups is 1. The molecule has 0 aliphatic carbocycles. The largest absolute Gasteiger partial charge is 0.337 e. The van der Waals surface area contributed by atoms with Gasteiger partial charge in [0.25, 0.3) is 0 Å². The van der Waals surface area contributed by atoms with Crippen molar-refractivity contribution < 1.29 is 4.79 Å². The van der Waals surface area contributed by atoms with Crippen LogP contribution in [0.5, 0.6) is 0 Å². The summed E-state index contributed by atoms with van der Waals surface area (Å²) in [5.41, 5.74) is 0.889. The summed E-state index contributed by atoms with van der Waals surface area (Å²) in [6.45, 7) is 0.865. The summed E-state index contributed by atoms with van der Waals surface area (Å²) >= 11 is 11.3. The van der Waals surface area contributed by atoms with Gasteiger partial charge in [-0.05, 0) is 11.6 Å². The third-order valence-electron chi connectivity index (χ3n) is 1.78. The maximum absolute atomic E-state index is 11.2. The number of carbonyl (C=O) groups excluding carboxylic acids is 1. The minimum atomic E-state index is -0.240. The van der Waals surface area contributed by atoms with Crippen LogP contribution in [0.1, 0.15) is 5.56 Å². The first kappa shape index (κ1) is 12.1. The van der Waals surface area contributed by atoms with Crippen LogP contribution in [0.4, 0.5) is 4.79 Å². The third-order valence-corrected chi connectivity index (χ3v) is 2.33. The average Bonchev–Trinajstić information content (AvgIpc) is 2.25. The molecule has 2 N–H and O–H groups in total. The van der Waals surface area contributed by atoms with Crippen molar-refractivity contribution in [1.82, 2.24) is 10.6 Å². The summed E-state index contributed by atoms with van der Waals surface area (Å²) in [5.74, 6) is 0.402. The molecule has 1 rings (SSSR count). The zero-order valence-electron chi connectivity index (χ0n) is 8.09. The van der Waals surface area contributed by atoms with Crippen LogP contribution in [-0.4, -0.2) is 18.5 Å². The van der Waals surface area contributed by atoms with Gasteiger partial charge in [-0.3, -0.25) is 0 Å². The maximum atomic E-state index is 11.2. The molecule has 0 bridgehead atoms. The molecule has 1 aromatic carbocycles. The zero-order chi connectivity index (χ0) is 11.1. The molecule has 0 unspecified atom stereocenters. The number of amides is 2. The Morgan fingerprint density at radius 3 is 2.67 bits per heavy atom. The Balaban J connectivity index is 2.37. The summed E-state index contributed by atoms with van der Waals surface area (Å²) in [7, 11) is 0. The molecule has 1 aromatic rings.